The Balaban J connectivity index is 1.59. The number of carbonyl (C=O) groups is 2. The van der Waals surface area contributed by atoms with Crippen LogP contribution in [0, 0.1) is 6.92 Å². The van der Waals surface area contributed by atoms with Crippen molar-refractivity contribution in [2.45, 2.75) is 26.4 Å². The van der Waals surface area contributed by atoms with E-state index in [1.165, 1.54) is 0 Å². The number of fused-ring (bicyclic) bond motifs is 1. The molecule has 1 atom stereocenters. The first-order valence-corrected chi connectivity index (χ1v) is 10.2. The summed E-state index contributed by atoms with van der Waals surface area (Å²) in [6, 6.07) is 14.8. The zero-order valence-corrected chi connectivity index (χ0v) is 17.3. The first-order chi connectivity index (χ1) is 14.5. The number of hydrogen-bond donors (Lipinski definition) is 1. The van der Waals surface area contributed by atoms with Gasteiger partial charge in [0.25, 0.3) is 5.91 Å². The fraction of sp³-hybridized carbons (Fsp3) is 0.348. The standard InChI is InChI=1S/C23H26N4O3/c1-16-7-9-18(10-8-16)23(29)24-17(2)22-25-19-5-3-4-6-20(19)27(22)15-21(28)26-11-13-30-14-12-26/h3-10,17H,11-15H2,1-2H3,(H,24,29). The number of ether oxygens (including phenoxy) is 1. The monoisotopic (exact) mass is 406 g/mol. The Hall–Kier alpha value is -3.19. The van der Waals surface area contributed by atoms with Crippen molar-refractivity contribution < 1.29 is 14.3 Å². The number of imidazole rings is 1. The Morgan fingerprint density at radius 2 is 1.80 bits per heavy atom. The Morgan fingerprint density at radius 3 is 2.53 bits per heavy atom. The number of nitrogens with zero attached hydrogens (tertiary/aromatic N) is 3. The second-order valence-corrected chi connectivity index (χ2v) is 7.60. The van der Waals surface area contributed by atoms with Gasteiger partial charge >= 0.3 is 0 Å². The van der Waals surface area contributed by atoms with Crippen LogP contribution in [0.1, 0.15) is 34.7 Å². The van der Waals surface area contributed by atoms with Crippen LogP contribution >= 0.6 is 0 Å². The number of amides is 2. The molecule has 1 aromatic heterocycles. The smallest absolute Gasteiger partial charge is 0.251 e. The van der Waals surface area contributed by atoms with Gasteiger partial charge in [-0.25, -0.2) is 4.98 Å². The molecule has 1 aliphatic heterocycles. The van der Waals surface area contributed by atoms with Crippen molar-refractivity contribution in [3.05, 3.63) is 65.5 Å². The third kappa shape index (κ3) is 4.21. The molecule has 0 saturated carbocycles. The summed E-state index contributed by atoms with van der Waals surface area (Å²) >= 11 is 0. The predicted octanol–water partition coefficient (Wildman–Crippen LogP) is 2.69. The van der Waals surface area contributed by atoms with E-state index in [0.29, 0.717) is 37.7 Å². The van der Waals surface area contributed by atoms with Gasteiger partial charge in [-0.15, -0.1) is 0 Å². The molecule has 0 aliphatic carbocycles. The highest BCUT2D eigenvalue weighted by Gasteiger charge is 2.23. The third-order valence-corrected chi connectivity index (χ3v) is 5.39. The van der Waals surface area contributed by atoms with Gasteiger partial charge in [-0.3, -0.25) is 9.59 Å². The molecule has 2 amide bonds. The van der Waals surface area contributed by atoms with Crippen molar-refractivity contribution in [1.82, 2.24) is 19.8 Å². The lowest BCUT2D eigenvalue weighted by atomic mass is 10.1. The summed E-state index contributed by atoms with van der Waals surface area (Å²) in [5.74, 6) is 0.527. The van der Waals surface area contributed by atoms with Crippen LogP contribution in [0.3, 0.4) is 0 Å². The second-order valence-electron chi connectivity index (χ2n) is 7.60. The molecule has 4 rings (SSSR count). The minimum absolute atomic E-state index is 0.0276. The number of carbonyl (C=O) groups excluding carboxylic acids is 2. The third-order valence-electron chi connectivity index (χ3n) is 5.39. The van der Waals surface area contributed by atoms with Crippen molar-refractivity contribution in [1.29, 1.82) is 0 Å². The lowest BCUT2D eigenvalue weighted by Crippen LogP contribution is -2.42. The van der Waals surface area contributed by atoms with Gasteiger partial charge in [0.05, 0.1) is 30.3 Å². The molecule has 2 heterocycles. The van der Waals surface area contributed by atoms with Gasteiger partial charge in [-0.1, -0.05) is 29.8 Å². The summed E-state index contributed by atoms with van der Waals surface area (Å²) in [6.07, 6.45) is 0. The van der Waals surface area contributed by atoms with E-state index in [1.54, 1.807) is 0 Å². The number of aryl methyl sites for hydroxylation is 1. The van der Waals surface area contributed by atoms with Gasteiger partial charge in [0.1, 0.15) is 12.4 Å². The van der Waals surface area contributed by atoms with Crippen LogP contribution in [0.4, 0.5) is 0 Å². The maximum Gasteiger partial charge on any atom is 0.251 e. The largest absolute Gasteiger partial charge is 0.378 e. The van der Waals surface area contributed by atoms with E-state index in [-0.39, 0.29) is 24.4 Å². The lowest BCUT2D eigenvalue weighted by molar-refractivity contribution is -0.135. The molecule has 2 aromatic carbocycles. The van der Waals surface area contributed by atoms with Crippen molar-refractivity contribution in [3.8, 4) is 0 Å². The minimum atomic E-state index is -0.358. The summed E-state index contributed by atoms with van der Waals surface area (Å²) < 4.78 is 7.26. The maximum absolute atomic E-state index is 12.9. The normalized spacial score (nSPS) is 15.2. The zero-order chi connectivity index (χ0) is 21.1. The van der Waals surface area contributed by atoms with Crippen LogP contribution < -0.4 is 5.32 Å². The average Bonchev–Trinajstić information content (AvgIpc) is 3.13. The van der Waals surface area contributed by atoms with Gasteiger partial charge in [0, 0.05) is 18.7 Å². The van der Waals surface area contributed by atoms with E-state index in [1.807, 2.05) is 71.8 Å². The minimum Gasteiger partial charge on any atom is -0.378 e. The van der Waals surface area contributed by atoms with E-state index < -0.39 is 0 Å². The Morgan fingerprint density at radius 1 is 1.10 bits per heavy atom. The summed E-state index contributed by atoms with van der Waals surface area (Å²) in [7, 11) is 0. The molecular weight excluding hydrogens is 380 g/mol. The van der Waals surface area contributed by atoms with Crippen LogP contribution in [0.25, 0.3) is 11.0 Å². The van der Waals surface area contributed by atoms with E-state index in [4.69, 9.17) is 9.72 Å². The van der Waals surface area contributed by atoms with Crippen LogP contribution in [-0.4, -0.2) is 52.6 Å². The molecule has 0 radical (unpaired) electrons. The highest BCUT2D eigenvalue weighted by Crippen LogP contribution is 2.22. The summed E-state index contributed by atoms with van der Waals surface area (Å²) in [6.45, 7) is 6.38. The van der Waals surface area contributed by atoms with Crippen LogP contribution in [0.5, 0.6) is 0 Å². The molecule has 0 bridgehead atoms. The summed E-state index contributed by atoms with van der Waals surface area (Å²) in [5.41, 5.74) is 3.38. The maximum atomic E-state index is 12.9. The molecule has 156 valence electrons. The molecule has 7 nitrogen and oxygen atoms in total. The van der Waals surface area contributed by atoms with Crippen molar-refractivity contribution in [2.24, 2.45) is 0 Å². The number of benzene rings is 2. The number of para-hydroxylation sites is 2. The van der Waals surface area contributed by atoms with Gasteiger partial charge in [-0.05, 0) is 38.1 Å². The number of morpholine rings is 1. The van der Waals surface area contributed by atoms with Gasteiger partial charge in [0.15, 0.2) is 0 Å². The predicted molar refractivity (Wildman–Crippen MR) is 114 cm³/mol. The van der Waals surface area contributed by atoms with Crippen molar-refractivity contribution in [3.63, 3.8) is 0 Å². The molecule has 1 fully saturated rings. The van der Waals surface area contributed by atoms with Gasteiger partial charge < -0.3 is 19.5 Å². The number of hydrogen-bond acceptors (Lipinski definition) is 4. The molecule has 3 aromatic rings. The number of nitrogens with one attached hydrogen (secondary N) is 1. The highest BCUT2D eigenvalue weighted by molar-refractivity contribution is 5.94. The highest BCUT2D eigenvalue weighted by atomic mass is 16.5. The molecule has 1 unspecified atom stereocenters. The molecule has 0 spiro atoms. The fourth-order valence-corrected chi connectivity index (χ4v) is 3.69. The van der Waals surface area contributed by atoms with Crippen molar-refractivity contribution in [2.75, 3.05) is 26.3 Å². The lowest BCUT2D eigenvalue weighted by Gasteiger charge is -2.27. The van der Waals surface area contributed by atoms with Gasteiger partial charge in [0.2, 0.25) is 5.91 Å². The topological polar surface area (TPSA) is 76.5 Å². The first kappa shape index (κ1) is 20.1. The molecule has 1 N–H and O–H groups in total. The van der Waals surface area contributed by atoms with Crippen LogP contribution in [0.2, 0.25) is 0 Å². The Bertz CT molecular complexity index is 1050. The first-order valence-electron chi connectivity index (χ1n) is 10.2. The fourth-order valence-electron chi connectivity index (χ4n) is 3.69. The number of rotatable bonds is 5. The van der Waals surface area contributed by atoms with E-state index in [9.17, 15) is 9.59 Å². The van der Waals surface area contributed by atoms with Gasteiger partial charge in [-0.2, -0.15) is 0 Å². The van der Waals surface area contributed by atoms with Crippen molar-refractivity contribution >= 4 is 22.8 Å². The number of aromatic nitrogens is 2. The molecule has 1 aliphatic rings. The molecule has 7 heteroatoms. The van der Waals surface area contributed by atoms with Crippen LogP contribution in [-0.2, 0) is 16.1 Å². The van der Waals surface area contributed by atoms with E-state index in [0.717, 1.165) is 16.6 Å². The second kappa shape index (κ2) is 8.67. The zero-order valence-electron chi connectivity index (χ0n) is 17.3. The van der Waals surface area contributed by atoms with E-state index in [2.05, 4.69) is 5.32 Å². The summed E-state index contributed by atoms with van der Waals surface area (Å²) in [5, 5.41) is 3.02. The van der Waals surface area contributed by atoms with E-state index >= 15 is 0 Å². The van der Waals surface area contributed by atoms with Crippen LogP contribution in [0.15, 0.2) is 48.5 Å². The molecule has 30 heavy (non-hydrogen) atoms. The Labute approximate surface area is 175 Å². The quantitative estimate of drug-likeness (QED) is 0.707. The average molecular weight is 406 g/mol. The molecular formula is C23H26N4O3. The Kier molecular flexibility index (Phi) is 5.81. The summed E-state index contributed by atoms with van der Waals surface area (Å²) in [4.78, 5) is 32.1. The SMILES string of the molecule is Cc1ccc(C(=O)NC(C)c2nc3ccccc3n2CC(=O)N2CCOCC2)cc1. The molecule has 1 saturated heterocycles.